The standard InChI is InChI=1S/C16H9F2N5O/c17-12-3-1-10(7-13(12)18)16-21-15(22-24-16)11-2-4-14(20-8-11)23-6-5-19-9-23/h1-9H. The van der Waals surface area contributed by atoms with E-state index < -0.39 is 11.6 Å². The highest BCUT2D eigenvalue weighted by atomic mass is 19.2. The Hall–Kier alpha value is -3.42. The van der Waals surface area contributed by atoms with E-state index in [-0.39, 0.29) is 5.89 Å². The Balaban J connectivity index is 1.63. The van der Waals surface area contributed by atoms with Crippen LogP contribution in [0, 0.1) is 11.6 Å². The van der Waals surface area contributed by atoms with Crippen molar-refractivity contribution in [1.29, 1.82) is 0 Å². The van der Waals surface area contributed by atoms with E-state index >= 15 is 0 Å². The quantitative estimate of drug-likeness (QED) is 0.578. The zero-order valence-electron chi connectivity index (χ0n) is 12.1. The van der Waals surface area contributed by atoms with E-state index in [0.717, 1.165) is 12.1 Å². The molecule has 0 saturated carbocycles. The summed E-state index contributed by atoms with van der Waals surface area (Å²) in [5, 5.41) is 3.85. The van der Waals surface area contributed by atoms with Gasteiger partial charge in [0.25, 0.3) is 5.89 Å². The average Bonchev–Trinajstić information content (AvgIpc) is 3.29. The van der Waals surface area contributed by atoms with Crippen LogP contribution >= 0.6 is 0 Å². The Bertz CT molecular complexity index is 980. The molecule has 4 rings (SSSR count). The van der Waals surface area contributed by atoms with E-state index in [2.05, 4.69) is 20.1 Å². The number of pyridine rings is 1. The SMILES string of the molecule is Fc1ccc(-c2nc(-c3ccc(-n4ccnc4)nc3)no2)cc1F. The molecule has 118 valence electrons. The molecule has 0 atom stereocenters. The van der Waals surface area contributed by atoms with E-state index in [4.69, 9.17) is 4.52 Å². The van der Waals surface area contributed by atoms with Gasteiger partial charge in [0.1, 0.15) is 12.1 Å². The molecule has 8 heteroatoms. The van der Waals surface area contributed by atoms with Crippen LogP contribution in [0.2, 0.25) is 0 Å². The van der Waals surface area contributed by atoms with E-state index in [9.17, 15) is 8.78 Å². The molecule has 3 heterocycles. The number of benzene rings is 1. The summed E-state index contributed by atoms with van der Waals surface area (Å²) in [6, 6.07) is 6.95. The molecule has 1 aromatic carbocycles. The predicted octanol–water partition coefficient (Wildman–Crippen LogP) is 3.26. The molecular weight excluding hydrogens is 316 g/mol. The molecule has 24 heavy (non-hydrogen) atoms. The maximum Gasteiger partial charge on any atom is 0.258 e. The second-order valence-corrected chi connectivity index (χ2v) is 4.93. The third-order valence-electron chi connectivity index (χ3n) is 3.37. The van der Waals surface area contributed by atoms with Gasteiger partial charge in [-0.25, -0.2) is 18.7 Å². The number of halogens is 2. The average molecular weight is 325 g/mol. The maximum absolute atomic E-state index is 13.3. The molecule has 0 bridgehead atoms. The van der Waals surface area contributed by atoms with E-state index in [1.807, 2.05) is 0 Å². The van der Waals surface area contributed by atoms with E-state index in [1.54, 1.807) is 41.6 Å². The first kappa shape index (κ1) is 14.2. The highest BCUT2D eigenvalue weighted by Crippen LogP contribution is 2.23. The second kappa shape index (κ2) is 5.65. The van der Waals surface area contributed by atoms with Crippen molar-refractivity contribution in [3.05, 3.63) is 66.9 Å². The zero-order chi connectivity index (χ0) is 16.5. The minimum absolute atomic E-state index is 0.0996. The first-order valence-corrected chi connectivity index (χ1v) is 6.94. The fourth-order valence-corrected chi connectivity index (χ4v) is 2.15. The molecule has 0 amide bonds. The predicted molar refractivity (Wildman–Crippen MR) is 80.0 cm³/mol. The Morgan fingerprint density at radius 2 is 1.88 bits per heavy atom. The second-order valence-electron chi connectivity index (χ2n) is 4.93. The van der Waals surface area contributed by atoms with Crippen LogP contribution in [0.4, 0.5) is 8.78 Å². The molecule has 0 fully saturated rings. The van der Waals surface area contributed by atoms with Crippen molar-refractivity contribution in [2.75, 3.05) is 0 Å². The van der Waals surface area contributed by atoms with Crippen LogP contribution in [0.3, 0.4) is 0 Å². The van der Waals surface area contributed by atoms with Gasteiger partial charge in [-0.05, 0) is 30.3 Å². The van der Waals surface area contributed by atoms with E-state index in [0.29, 0.717) is 22.8 Å². The lowest BCUT2D eigenvalue weighted by Gasteiger charge is -2.00. The van der Waals surface area contributed by atoms with Gasteiger partial charge < -0.3 is 4.52 Å². The number of hydrogen-bond donors (Lipinski definition) is 0. The molecular formula is C16H9F2N5O. The lowest BCUT2D eigenvalue weighted by atomic mass is 10.2. The summed E-state index contributed by atoms with van der Waals surface area (Å²) in [5.74, 6) is -0.807. The number of imidazole rings is 1. The Labute approximate surface area is 134 Å². The fourth-order valence-electron chi connectivity index (χ4n) is 2.15. The van der Waals surface area contributed by atoms with Crippen LogP contribution in [-0.4, -0.2) is 24.7 Å². The Morgan fingerprint density at radius 1 is 1.00 bits per heavy atom. The van der Waals surface area contributed by atoms with Gasteiger partial charge in [-0.15, -0.1) is 0 Å². The highest BCUT2D eigenvalue weighted by Gasteiger charge is 2.13. The normalized spacial score (nSPS) is 10.9. The summed E-state index contributed by atoms with van der Waals surface area (Å²) in [4.78, 5) is 12.4. The summed E-state index contributed by atoms with van der Waals surface area (Å²) < 4.78 is 33.1. The highest BCUT2D eigenvalue weighted by molar-refractivity contribution is 5.59. The van der Waals surface area contributed by atoms with Gasteiger partial charge in [0.05, 0.1) is 0 Å². The monoisotopic (exact) mass is 325 g/mol. The smallest absolute Gasteiger partial charge is 0.258 e. The number of nitrogens with zero attached hydrogens (tertiary/aromatic N) is 5. The number of hydrogen-bond acceptors (Lipinski definition) is 5. The van der Waals surface area contributed by atoms with Crippen molar-refractivity contribution < 1.29 is 13.3 Å². The molecule has 0 N–H and O–H groups in total. The topological polar surface area (TPSA) is 69.6 Å². The van der Waals surface area contributed by atoms with Gasteiger partial charge >= 0.3 is 0 Å². The third-order valence-corrected chi connectivity index (χ3v) is 3.37. The van der Waals surface area contributed by atoms with Crippen molar-refractivity contribution in [3.8, 4) is 28.7 Å². The van der Waals surface area contributed by atoms with Gasteiger partial charge in [0.15, 0.2) is 11.6 Å². The maximum atomic E-state index is 13.3. The molecule has 0 aliphatic carbocycles. The molecule has 0 aliphatic rings. The molecule has 0 unspecified atom stereocenters. The van der Waals surface area contributed by atoms with Crippen molar-refractivity contribution in [2.24, 2.45) is 0 Å². The Morgan fingerprint density at radius 3 is 2.58 bits per heavy atom. The number of rotatable bonds is 3. The molecule has 0 spiro atoms. The lowest BCUT2D eigenvalue weighted by Crippen LogP contribution is -1.94. The van der Waals surface area contributed by atoms with Gasteiger partial charge in [-0.2, -0.15) is 4.98 Å². The summed E-state index contributed by atoms with van der Waals surface area (Å²) in [7, 11) is 0. The van der Waals surface area contributed by atoms with Crippen molar-refractivity contribution in [3.63, 3.8) is 0 Å². The molecule has 0 radical (unpaired) electrons. The zero-order valence-corrected chi connectivity index (χ0v) is 12.1. The van der Waals surface area contributed by atoms with E-state index in [1.165, 1.54) is 6.07 Å². The summed E-state index contributed by atoms with van der Waals surface area (Å²) in [5.41, 5.74) is 0.937. The van der Waals surface area contributed by atoms with Crippen molar-refractivity contribution in [2.45, 2.75) is 0 Å². The Kier molecular flexibility index (Phi) is 3.34. The molecule has 3 aromatic heterocycles. The van der Waals surface area contributed by atoms with Crippen LogP contribution < -0.4 is 0 Å². The minimum Gasteiger partial charge on any atom is -0.334 e. The summed E-state index contributed by atoms with van der Waals surface area (Å²) in [6.45, 7) is 0. The van der Waals surface area contributed by atoms with Gasteiger partial charge in [-0.1, -0.05) is 5.16 Å². The van der Waals surface area contributed by atoms with Crippen molar-refractivity contribution in [1.82, 2.24) is 24.7 Å². The first-order valence-electron chi connectivity index (χ1n) is 6.94. The minimum atomic E-state index is -0.974. The number of aromatic nitrogens is 5. The van der Waals surface area contributed by atoms with Gasteiger partial charge in [0.2, 0.25) is 5.82 Å². The third kappa shape index (κ3) is 2.54. The molecule has 0 aliphatic heterocycles. The van der Waals surface area contributed by atoms with Gasteiger partial charge in [-0.3, -0.25) is 4.57 Å². The van der Waals surface area contributed by atoms with Crippen LogP contribution in [0.5, 0.6) is 0 Å². The van der Waals surface area contributed by atoms with Crippen molar-refractivity contribution >= 4 is 0 Å². The van der Waals surface area contributed by atoms with Crippen LogP contribution in [0.15, 0.2) is 59.8 Å². The van der Waals surface area contributed by atoms with Crippen LogP contribution in [-0.2, 0) is 0 Å². The lowest BCUT2D eigenvalue weighted by molar-refractivity contribution is 0.431. The largest absolute Gasteiger partial charge is 0.334 e. The van der Waals surface area contributed by atoms with Gasteiger partial charge in [0, 0.05) is 29.7 Å². The first-order chi connectivity index (χ1) is 11.7. The molecule has 4 aromatic rings. The van der Waals surface area contributed by atoms with Crippen LogP contribution in [0.25, 0.3) is 28.7 Å². The molecule has 6 nitrogen and oxygen atoms in total. The summed E-state index contributed by atoms with van der Waals surface area (Å²) in [6.07, 6.45) is 6.66. The summed E-state index contributed by atoms with van der Waals surface area (Å²) >= 11 is 0. The molecule has 0 saturated heterocycles. The fraction of sp³-hybridized carbons (Fsp3) is 0. The van der Waals surface area contributed by atoms with Crippen LogP contribution in [0.1, 0.15) is 0 Å².